The highest BCUT2D eigenvalue weighted by atomic mass is 35.5. The summed E-state index contributed by atoms with van der Waals surface area (Å²) in [5.41, 5.74) is 1.45. The largest absolute Gasteiger partial charge is 0.467 e. The molecule has 0 amide bonds. The molecule has 3 nitrogen and oxygen atoms in total. The van der Waals surface area contributed by atoms with Gasteiger partial charge in [-0.1, -0.05) is 65.1 Å². The average molecular weight is 363 g/mol. The highest BCUT2D eigenvalue weighted by Crippen LogP contribution is 2.44. The summed E-state index contributed by atoms with van der Waals surface area (Å²) >= 11 is 19.2. The van der Waals surface area contributed by atoms with Crippen LogP contribution in [0.2, 0.25) is 0 Å². The number of hydrogen-bond donors (Lipinski definition) is 0. The minimum absolute atomic E-state index is 0.305. The van der Waals surface area contributed by atoms with E-state index < -0.39 is 15.2 Å². The summed E-state index contributed by atoms with van der Waals surface area (Å²) < 4.78 is 3.58. The van der Waals surface area contributed by atoms with Crippen molar-refractivity contribution in [3.05, 3.63) is 35.9 Å². The fraction of sp³-hybridized carbons (Fsp3) is 0.500. The van der Waals surface area contributed by atoms with Gasteiger partial charge in [-0.2, -0.15) is 0 Å². The van der Waals surface area contributed by atoms with Gasteiger partial charge in [0.2, 0.25) is 0 Å². The SMILES string of the molecule is COC(=O)C1(Cl)CCCC(Cl)(Cl)C1=NCCc1ccccc1. The van der Waals surface area contributed by atoms with E-state index in [2.05, 4.69) is 4.99 Å². The first kappa shape index (κ1) is 17.6. The molecule has 120 valence electrons. The van der Waals surface area contributed by atoms with E-state index in [4.69, 9.17) is 39.5 Å². The molecule has 0 aliphatic heterocycles. The van der Waals surface area contributed by atoms with Crippen molar-refractivity contribution in [1.82, 2.24) is 0 Å². The molecule has 2 rings (SSSR count). The monoisotopic (exact) mass is 361 g/mol. The van der Waals surface area contributed by atoms with Crippen LogP contribution in [-0.4, -0.2) is 34.5 Å². The maximum absolute atomic E-state index is 12.1. The maximum Gasteiger partial charge on any atom is 0.332 e. The Bertz CT molecular complexity index is 560. The summed E-state index contributed by atoms with van der Waals surface area (Å²) in [5, 5.41) is 0. The Hall–Kier alpha value is -0.770. The van der Waals surface area contributed by atoms with Gasteiger partial charge in [0.25, 0.3) is 0 Å². The van der Waals surface area contributed by atoms with Crippen molar-refractivity contribution in [2.45, 2.75) is 34.9 Å². The zero-order chi connectivity index (χ0) is 16.2. The van der Waals surface area contributed by atoms with Gasteiger partial charge < -0.3 is 4.74 Å². The number of aliphatic imine (C=N–C) groups is 1. The number of alkyl halides is 3. The number of esters is 1. The fourth-order valence-corrected chi connectivity index (χ4v) is 3.86. The molecule has 0 spiro atoms. The molecular weight excluding hydrogens is 345 g/mol. The number of carbonyl (C=O) groups is 1. The normalized spacial score (nSPS) is 25.9. The Morgan fingerprint density at radius 1 is 1.23 bits per heavy atom. The van der Waals surface area contributed by atoms with Crippen LogP contribution in [0.4, 0.5) is 0 Å². The van der Waals surface area contributed by atoms with E-state index in [1.54, 1.807) is 0 Å². The molecule has 0 aromatic heterocycles. The van der Waals surface area contributed by atoms with E-state index in [0.717, 1.165) is 12.0 Å². The van der Waals surface area contributed by atoms with Crippen LogP contribution >= 0.6 is 34.8 Å². The van der Waals surface area contributed by atoms with Crippen molar-refractivity contribution in [1.29, 1.82) is 0 Å². The van der Waals surface area contributed by atoms with Crippen LogP contribution in [0.15, 0.2) is 35.3 Å². The van der Waals surface area contributed by atoms with E-state index in [0.29, 0.717) is 31.5 Å². The summed E-state index contributed by atoms with van der Waals surface area (Å²) in [4.78, 5) is 15.2. The third-order valence-electron chi connectivity index (χ3n) is 3.76. The lowest BCUT2D eigenvalue weighted by Gasteiger charge is -2.37. The smallest absolute Gasteiger partial charge is 0.332 e. The van der Waals surface area contributed by atoms with Gasteiger partial charge in [0.05, 0.1) is 12.8 Å². The molecule has 1 aromatic carbocycles. The molecule has 1 aromatic rings. The van der Waals surface area contributed by atoms with Crippen LogP contribution < -0.4 is 0 Å². The van der Waals surface area contributed by atoms with Crippen LogP contribution in [0.25, 0.3) is 0 Å². The number of halogens is 3. The lowest BCUT2D eigenvalue weighted by Crippen LogP contribution is -2.53. The molecule has 1 aliphatic rings. The van der Waals surface area contributed by atoms with Crippen LogP contribution in [0, 0.1) is 0 Å². The Balaban J connectivity index is 2.21. The third-order valence-corrected chi connectivity index (χ3v) is 5.01. The first-order valence-electron chi connectivity index (χ1n) is 7.14. The topological polar surface area (TPSA) is 38.7 Å². The lowest BCUT2D eigenvalue weighted by atomic mass is 9.85. The van der Waals surface area contributed by atoms with Gasteiger partial charge in [-0.3, -0.25) is 4.99 Å². The highest BCUT2D eigenvalue weighted by molar-refractivity contribution is 6.65. The van der Waals surface area contributed by atoms with E-state index in [-0.39, 0.29) is 0 Å². The quantitative estimate of drug-likeness (QED) is 0.595. The summed E-state index contributed by atoms with van der Waals surface area (Å²) in [6.07, 6.45) is 2.31. The van der Waals surface area contributed by atoms with Gasteiger partial charge in [0.15, 0.2) is 9.21 Å². The minimum atomic E-state index is -1.37. The standard InChI is InChI=1S/C16H18Cl3NO2/c1-22-14(21)15(17)9-5-10-16(18,19)13(15)20-11-8-12-6-3-2-4-7-12/h2-4,6-7H,5,8-11H2,1H3. The van der Waals surface area contributed by atoms with Gasteiger partial charge in [0.1, 0.15) is 0 Å². The molecule has 1 aliphatic carbocycles. The Kier molecular flexibility index (Phi) is 5.76. The predicted molar refractivity (Wildman–Crippen MR) is 91.3 cm³/mol. The summed E-state index contributed by atoms with van der Waals surface area (Å²) in [6.45, 7) is 0.464. The Morgan fingerprint density at radius 2 is 1.91 bits per heavy atom. The highest BCUT2D eigenvalue weighted by Gasteiger charge is 2.53. The summed E-state index contributed by atoms with van der Waals surface area (Å²) in [5.74, 6) is -0.557. The second-order valence-electron chi connectivity index (χ2n) is 5.32. The minimum Gasteiger partial charge on any atom is -0.467 e. The van der Waals surface area contributed by atoms with Crippen LogP contribution in [0.5, 0.6) is 0 Å². The van der Waals surface area contributed by atoms with Crippen molar-refractivity contribution in [3.8, 4) is 0 Å². The number of rotatable bonds is 4. The van der Waals surface area contributed by atoms with Gasteiger partial charge in [-0.05, 0) is 31.2 Å². The molecule has 1 fully saturated rings. The summed E-state index contributed by atoms with van der Waals surface area (Å²) in [6, 6.07) is 9.93. The first-order chi connectivity index (χ1) is 10.4. The molecule has 0 bridgehead atoms. The van der Waals surface area contributed by atoms with Crippen molar-refractivity contribution in [3.63, 3.8) is 0 Å². The van der Waals surface area contributed by atoms with Crippen LogP contribution in [0.3, 0.4) is 0 Å². The van der Waals surface area contributed by atoms with E-state index in [1.165, 1.54) is 7.11 Å². The van der Waals surface area contributed by atoms with E-state index in [1.807, 2.05) is 30.3 Å². The Morgan fingerprint density at radius 3 is 2.55 bits per heavy atom. The van der Waals surface area contributed by atoms with Gasteiger partial charge in [-0.25, -0.2) is 4.79 Å². The molecular formula is C16H18Cl3NO2. The molecule has 22 heavy (non-hydrogen) atoms. The molecule has 0 N–H and O–H groups in total. The number of ether oxygens (including phenoxy) is 1. The number of benzene rings is 1. The maximum atomic E-state index is 12.1. The Labute approximate surface area is 145 Å². The number of methoxy groups -OCH3 is 1. The van der Waals surface area contributed by atoms with Gasteiger partial charge >= 0.3 is 5.97 Å². The average Bonchev–Trinajstić information content (AvgIpc) is 2.50. The summed E-state index contributed by atoms with van der Waals surface area (Å²) in [7, 11) is 1.30. The zero-order valence-electron chi connectivity index (χ0n) is 12.3. The molecule has 6 heteroatoms. The molecule has 0 saturated heterocycles. The van der Waals surface area contributed by atoms with E-state index in [9.17, 15) is 4.79 Å². The van der Waals surface area contributed by atoms with Gasteiger partial charge in [0, 0.05) is 6.54 Å². The van der Waals surface area contributed by atoms with Gasteiger partial charge in [-0.15, -0.1) is 0 Å². The lowest BCUT2D eigenvalue weighted by molar-refractivity contribution is -0.142. The molecule has 0 heterocycles. The molecule has 1 saturated carbocycles. The van der Waals surface area contributed by atoms with E-state index >= 15 is 0 Å². The van der Waals surface area contributed by atoms with Crippen molar-refractivity contribution >= 4 is 46.5 Å². The molecule has 1 atom stereocenters. The second-order valence-corrected chi connectivity index (χ2v) is 7.45. The fourth-order valence-electron chi connectivity index (χ4n) is 2.62. The first-order valence-corrected chi connectivity index (χ1v) is 8.28. The molecule has 0 radical (unpaired) electrons. The number of carbonyl (C=O) groups excluding carboxylic acids is 1. The second kappa shape index (κ2) is 7.20. The predicted octanol–water partition coefficient (Wildman–Crippen LogP) is 4.18. The number of nitrogens with zero attached hydrogens (tertiary/aromatic N) is 1. The molecule has 1 unspecified atom stereocenters. The third kappa shape index (κ3) is 3.76. The van der Waals surface area contributed by atoms with Crippen LogP contribution in [0.1, 0.15) is 24.8 Å². The zero-order valence-corrected chi connectivity index (χ0v) is 14.6. The van der Waals surface area contributed by atoms with Crippen molar-refractivity contribution < 1.29 is 9.53 Å². The van der Waals surface area contributed by atoms with Crippen molar-refractivity contribution in [2.75, 3.05) is 13.7 Å². The number of hydrogen-bond acceptors (Lipinski definition) is 3. The van der Waals surface area contributed by atoms with Crippen molar-refractivity contribution in [2.24, 2.45) is 4.99 Å². The van der Waals surface area contributed by atoms with Crippen LogP contribution in [-0.2, 0) is 16.0 Å².